The highest BCUT2D eigenvalue weighted by molar-refractivity contribution is 4.90. The molecule has 0 bridgehead atoms. The molecule has 0 aromatic carbocycles. The molecule has 90 valence electrons. The molecule has 5 nitrogen and oxygen atoms in total. The van der Waals surface area contributed by atoms with Gasteiger partial charge < -0.3 is 10.1 Å². The van der Waals surface area contributed by atoms with Crippen LogP contribution in [0.1, 0.15) is 25.5 Å². The van der Waals surface area contributed by atoms with Crippen LogP contribution in [0.4, 0.5) is 0 Å². The summed E-state index contributed by atoms with van der Waals surface area (Å²) >= 11 is 0. The summed E-state index contributed by atoms with van der Waals surface area (Å²) in [6.45, 7) is 6.49. The van der Waals surface area contributed by atoms with Crippen molar-refractivity contribution in [3.8, 4) is 0 Å². The Labute approximate surface area is 96.2 Å². The van der Waals surface area contributed by atoms with Crippen molar-refractivity contribution in [2.45, 2.75) is 32.9 Å². The van der Waals surface area contributed by atoms with Crippen molar-refractivity contribution in [2.24, 2.45) is 5.92 Å². The van der Waals surface area contributed by atoms with E-state index in [0.717, 1.165) is 31.9 Å². The number of nitrogens with one attached hydrogen (secondary N) is 1. The molecular weight excluding hydrogens is 204 g/mol. The molecule has 0 aliphatic carbocycles. The quantitative estimate of drug-likeness (QED) is 0.804. The predicted octanol–water partition coefficient (Wildman–Crippen LogP) is 0.814. The zero-order valence-electron chi connectivity index (χ0n) is 9.85. The Balaban J connectivity index is 1.81. The van der Waals surface area contributed by atoms with Crippen molar-refractivity contribution < 1.29 is 4.74 Å². The van der Waals surface area contributed by atoms with Gasteiger partial charge in [0.15, 0.2) is 0 Å². The SMILES string of the molecule is CCOCc1cn(C[C@H]2CCCNC2)nn1. The number of rotatable bonds is 5. The number of hydrogen-bond acceptors (Lipinski definition) is 4. The van der Waals surface area contributed by atoms with Crippen molar-refractivity contribution >= 4 is 0 Å². The van der Waals surface area contributed by atoms with Gasteiger partial charge in [0.05, 0.1) is 12.8 Å². The van der Waals surface area contributed by atoms with Crippen LogP contribution in [0.25, 0.3) is 0 Å². The summed E-state index contributed by atoms with van der Waals surface area (Å²) in [6, 6.07) is 0. The number of piperidine rings is 1. The van der Waals surface area contributed by atoms with Crippen LogP contribution in [-0.4, -0.2) is 34.7 Å². The first-order chi connectivity index (χ1) is 7.88. The van der Waals surface area contributed by atoms with Crippen LogP contribution in [0.2, 0.25) is 0 Å². The maximum absolute atomic E-state index is 5.29. The molecule has 0 spiro atoms. The lowest BCUT2D eigenvalue weighted by molar-refractivity contribution is 0.131. The second-order valence-electron chi connectivity index (χ2n) is 4.28. The van der Waals surface area contributed by atoms with Crippen molar-refractivity contribution in [2.75, 3.05) is 19.7 Å². The normalized spacial score (nSPS) is 21.2. The molecule has 16 heavy (non-hydrogen) atoms. The van der Waals surface area contributed by atoms with Gasteiger partial charge in [-0.15, -0.1) is 5.10 Å². The Kier molecular flexibility index (Phi) is 4.30. The summed E-state index contributed by atoms with van der Waals surface area (Å²) in [4.78, 5) is 0. The van der Waals surface area contributed by atoms with Gasteiger partial charge >= 0.3 is 0 Å². The third-order valence-electron chi connectivity index (χ3n) is 2.88. The standard InChI is InChI=1S/C11H20N4O/c1-2-16-9-11-8-15(14-13-11)7-10-4-3-5-12-6-10/h8,10,12H,2-7,9H2,1H3/t10-/m0/s1. The molecule has 2 heterocycles. The van der Waals surface area contributed by atoms with E-state index in [1.165, 1.54) is 12.8 Å². The average molecular weight is 224 g/mol. The molecule has 1 aliphatic heterocycles. The monoisotopic (exact) mass is 224 g/mol. The number of hydrogen-bond donors (Lipinski definition) is 1. The number of nitrogens with zero attached hydrogens (tertiary/aromatic N) is 3. The minimum Gasteiger partial charge on any atom is -0.375 e. The second kappa shape index (κ2) is 5.96. The van der Waals surface area contributed by atoms with Gasteiger partial charge in [0.1, 0.15) is 5.69 Å². The summed E-state index contributed by atoms with van der Waals surface area (Å²) < 4.78 is 7.23. The second-order valence-corrected chi connectivity index (χ2v) is 4.28. The fourth-order valence-electron chi connectivity index (χ4n) is 2.04. The van der Waals surface area contributed by atoms with Crippen molar-refractivity contribution in [3.63, 3.8) is 0 Å². The highest BCUT2D eigenvalue weighted by Gasteiger charge is 2.14. The summed E-state index contributed by atoms with van der Waals surface area (Å²) in [5.74, 6) is 0.690. The zero-order chi connectivity index (χ0) is 11.2. The fraction of sp³-hybridized carbons (Fsp3) is 0.818. The van der Waals surface area contributed by atoms with E-state index in [4.69, 9.17) is 4.74 Å². The Morgan fingerprint density at radius 2 is 2.56 bits per heavy atom. The van der Waals surface area contributed by atoms with E-state index in [1.54, 1.807) is 0 Å². The molecule has 1 saturated heterocycles. The Hall–Kier alpha value is -0.940. The molecule has 1 aromatic rings. The Bertz CT molecular complexity index is 307. The Morgan fingerprint density at radius 1 is 1.62 bits per heavy atom. The van der Waals surface area contributed by atoms with Gasteiger partial charge in [-0.2, -0.15) is 0 Å². The lowest BCUT2D eigenvalue weighted by atomic mass is 10.00. The molecule has 1 fully saturated rings. The molecule has 0 radical (unpaired) electrons. The van der Waals surface area contributed by atoms with Crippen LogP contribution in [0, 0.1) is 5.92 Å². The number of aromatic nitrogens is 3. The molecule has 5 heteroatoms. The Morgan fingerprint density at radius 3 is 3.31 bits per heavy atom. The zero-order valence-corrected chi connectivity index (χ0v) is 9.85. The van der Waals surface area contributed by atoms with Crippen molar-refractivity contribution in [1.82, 2.24) is 20.3 Å². The van der Waals surface area contributed by atoms with Crippen LogP contribution >= 0.6 is 0 Å². The summed E-state index contributed by atoms with van der Waals surface area (Å²) in [5, 5.41) is 11.6. The topological polar surface area (TPSA) is 52.0 Å². The lowest BCUT2D eigenvalue weighted by Gasteiger charge is -2.22. The summed E-state index contributed by atoms with van der Waals surface area (Å²) in [7, 11) is 0. The molecular formula is C11H20N4O. The molecule has 1 atom stereocenters. The van der Waals surface area contributed by atoms with Crippen molar-refractivity contribution in [1.29, 1.82) is 0 Å². The number of ether oxygens (including phenoxy) is 1. The van der Waals surface area contributed by atoms with Crippen molar-refractivity contribution in [3.05, 3.63) is 11.9 Å². The van der Waals surface area contributed by atoms with Gasteiger partial charge in [-0.25, -0.2) is 0 Å². The van der Waals surface area contributed by atoms with E-state index >= 15 is 0 Å². The molecule has 1 N–H and O–H groups in total. The highest BCUT2D eigenvalue weighted by atomic mass is 16.5. The van der Waals surface area contributed by atoms with Gasteiger partial charge in [-0.3, -0.25) is 4.68 Å². The van der Waals surface area contributed by atoms with Crippen LogP contribution < -0.4 is 5.32 Å². The van der Waals surface area contributed by atoms with Gasteiger partial charge in [0.2, 0.25) is 0 Å². The van der Waals surface area contributed by atoms with E-state index < -0.39 is 0 Å². The molecule has 0 unspecified atom stereocenters. The molecule has 0 amide bonds. The predicted molar refractivity (Wildman–Crippen MR) is 60.9 cm³/mol. The molecule has 1 aromatic heterocycles. The van der Waals surface area contributed by atoms with Gasteiger partial charge in [-0.1, -0.05) is 5.21 Å². The summed E-state index contributed by atoms with van der Waals surface area (Å²) in [6.07, 6.45) is 4.54. The van der Waals surface area contributed by atoms with Crippen LogP contribution in [-0.2, 0) is 17.9 Å². The highest BCUT2D eigenvalue weighted by Crippen LogP contribution is 2.12. The van der Waals surface area contributed by atoms with E-state index in [0.29, 0.717) is 12.5 Å². The first kappa shape index (κ1) is 11.5. The first-order valence-electron chi connectivity index (χ1n) is 6.06. The van der Waals surface area contributed by atoms with E-state index in [1.807, 2.05) is 17.8 Å². The average Bonchev–Trinajstić information content (AvgIpc) is 2.75. The smallest absolute Gasteiger partial charge is 0.108 e. The first-order valence-corrected chi connectivity index (χ1v) is 6.06. The third-order valence-corrected chi connectivity index (χ3v) is 2.88. The minimum atomic E-state index is 0.569. The van der Waals surface area contributed by atoms with Gasteiger partial charge in [-0.05, 0) is 38.8 Å². The van der Waals surface area contributed by atoms with Crippen LogP contribution in [0.15, 0.2) is 6.20 Å². The largest absolute Gasteiger partial charge is 0.375 e. The molecule has 0 saturated carbocycles. The van der Waals surface area contributed by atoms with Gasteiger partial charge in [0.25, 0.3) is 0 Å². The third kappa shape index (κ3) is 3.28. The van der Waals surface area contributed by atoms with Crippen LogP contribution in [0.5, 0.6) is 0 Å². The maximum Gasteiger partial charge on any atom is 0.108 e. The molecule has 2 rings (SSSR count). The fourth-order valence-corrected chi connectivity index (χ4v) is 2.04. The van der Waals surface area contributed by atoms with E-state index in [-0.39, 0.29) is 0 Å². The van der Waals surface area contributed by atoms with E-state index in [2.05, 4.69) is 15.6 Å². The summed E-state index contributed by atoms with van der Waals surface area (Å²) in [5.41, 5.74) is 0.922. The van der Waals surface area contributed by atoms with E-state index in [9.17, 15) is 0 Å². The minimum absolute atomic E-state index is 0.569. The van der Waals surface area contributed by atoms with Crippen LogP contribution in [0.3, 0.4) is 0 Å². The maximum atomic E-state index is 5.29. The molecule has 1 aliphatic rings. The van der Waals surface area contributed by atoms with Gasteiger partial charge in [0, 0.05) is 13.2 Å². The lowest BCUT2D eigenvalue weighted by Crippen LogP contribution is -2.32.